The van der Waals surface area contributed by atoms with E-state index in [-0.39, 0.29) is 18.1 Å². The van der Waals surface area contributed by atoms with E-state index in [0.717, 1.165) is 16.7 Å². The molecule has 3 aromatic rings. The predicted octanol–water partition coefficient (Wildman–Crippen LogP) is 2.10. The van der Waals surface area contributed by atoms with E-state index in [4.69, 9.17) is 0 Å². The molecule has 1 amide bonds. The summed E-state index contributed by atoms with van der Waals surface area (Å²) in [7, 11) is 0. The molecule has 1 aromatic heterocycles. The summed E-state index contributed by atoms with van der Waals surface area (Å²) in [6.45, 7) is 2.59. The fraction of sp³-hybridized carbons (Fsp3) is 0.211. The van der Waals surface area contributed by atoms with E-state index >= 15 is 0 Å². The number of aryl methyl sites for hydroxylation is 1. The number of hydrogen-bond donors (Lipinski definition) is 2. The van der Waals surface area contributed by atoms with Crippen LogP contribution in [-0.4, -0.2) is 32.6 Å². The van der Waals surface area contributed by atoms with Crippen molar-refractivity contribution in [3.63, 3.8) is 0 Å². The van der Waals surface area contributed by atoms with Crippen molar-refractivity contribution in [2.24, 2.45) is 0 Å². The fourth-order valence-corrected chi connectivity index (χ4v) is 2.60. The molecule has 6 nitrogen and oxygen atoms in total. The molecule has 0 saturated carbocycles. The highest BCUT2D eigenvalue weighted by molar-refractivity contribution is 5.91. The first kappa shape index (κ1) is 16.9. The zero-order valence-corrected chi connectivity index (χ0v) is 14.0. The van der Waals surface area contributed by atoms with Crippen molar-refractivity contribution in [3.8, 4) is 0 Å². The Kier molecular flexibility index (Phi) is 5.20. The van der Waals surface area contributed by atoms with Crippen molar-refractivity contribution in [2.45, 2.75) is 19.6 Å². The lowest BCUT2D eigenvalue weighted by Gasteiger charge is -2.13. The summed E-state index contributed by atoms with van der Waals surface area (Å²) in [5, 5.41) is 20.8. The Morgan fingerprint density at radius 2 is 1.88 bits per heavy atom. The van der Waals surface area contributed by atoms with Gasteiger partial charge in [0.1, 0.15) is 0 Å². The molecule has 1 unspecified atom stereocenters. The first-order chi connectivity index (χ1) is 12.1. The molecular formula is C19H20N4O2. The number of carbonyl (C=O) groups is 1. The van der Waals surface area contributed by atoms with Crippen LogP contribution in [0.4, 0.5) is 0 Å². The van der Waals surface area contributed by atoms with Crippen molar-refractivity contribution in [1.29, 1.82) is 0 Å². The monoisotopic (exact) mass is 336 g/mol. The number of carbonyl (C=O) groups excluding carboxylic acids is 1. The zero-order chi connectivity index (χ0) is 17.6. The predicted molar refractivity (Wildman–Crippen MR) is 94.0 cm³/mol. The number of benzene rings is 2. The van der Waals surface area contributed by atoms with Gasteiger partial charge in [-0.05, 0) is 23.6 Å². The second kappa shape index (κ2) is 7.72. The van der Waals surface area contributed by atoms with Crippen molar-refractivity contribution < 1.29 is 9.90 Å². The topological polar surface area (TPSA) is 80.0 Å². The lowest BCUT2D eigenvalue weighted by molar-refractivity contribution is 0.0911. The molecule has 0 spiro atoms. The third-order valence-corrected chi connectivity index (χ3v) is 3.96. The van der Waals surface area contributed by atoms with Gasteiger partial charge in [-0.15, -0.1) is 5.10 Å². The van der Waals surface area contributed by atoms with Gasteiger partial charge in [0.2, 0.25) is 0 Å². The number of nitrogens with one attached hydrogen (secondary N) is 1. The van der Waals surface area contributed by atoms with E-state index in [2.05, 4.69) is 15.6 Å². The minimum absolute atomic E-state index is 0.120. The Bertz CT molecular complexity index is 845. The summed E-state index contributed by atoms with van der Waals surface area (Å²) in [5.74, 6) is -0.355. The lowest BCUT2D eigenvalue weighted by atomic mass is 10.0. The summed E-state index contributed by atoms with van der Waals surface area (Å²) < 4.78 is 1.61. The fourth-order valence-electron chi connectivity index (χ4n) is 2.60. The summed E-state index contributed by atoms with van der Waals surface area (Å²) in [6.07, 6.45) is 0.840. The molecule has 0 aliphatic carbocycles. The molecule has 1 atom stereocenters. The Labute approximate surface area is 146 Å². The van der Waals surface area contributed by atoms with Gasteiger partial charge in [-0.3, -0.25) is 4.79 Å². The number of aromatic nitrogens is 3. The zero-order valence-electron chi connectivity index (χ0n) is 14.0. The van der Waals surface area contributed by atoms with Crippen LogP contribution in [0, 0.1) is 6.92 Å². The molecule has 3 rings (SSSR count). The third kappa shape index (κ3) is 4.30. The van der Waals surface area contributed by atoms with E-state index in [1.807, 2.05) is 61.5 Å². The molecule has 128 valence electrons. The van der Waals surface area contributed by atoms with Crippen LogP contribution in [0.1, 0.15) is 33.3 Å². The van der Waals surface area contributed by atoms with Crippen molar-refractivity contribution >= 4 is 5.91 Å². The molecule has 2 N–H and O–H groups in total. The highest BCUT2D eigenvalue weighted by Gasteiger charge is 2.15. The highest BCUT2D eigenvalue weighted by atomic mass is 16.3. The van der Waals surface area contributed by atoms with E-state index in [1.54, 1.807) is 10.9 Å². The summed E-state index contributed by atoms with van der Waals surface area (Å²) in [4.78, 5) is 12.2. The van der Waals surface area contributed by atoms with Gasteiger partial charge in [0.25, 0.3) is 5.91 Å². The number of hydrogen-bond acceptors (Lipinski definition) is 4. The van der Waals surface area contributed by atoms with Crippen LogP contribution in [0.25, 0.3) is 0 Å². The van der Waals surface area contributed by atoms with Gasteiger partial charge in [0.15, 0.2) is 5.69 Å². The van der Waals surface area contributed by atoms with Gasteiger partial charge < -0.3 is 10.4 Å². The smallest absolute Gasteiger partial charge is 0.273 e. The molecule has 25 heavy (non-hydrogen) atoms. The molecule has 0 bridgehead atoms. The summed E-state index contributed by atoms with van der Waals surface area (Å²) in [5.41, 5.74) is 3.09. The van der Waals surface area contributed by atoms with Crippen LogP contribution in [0.5, 0.6) is 0 Å². The molecule has 0 saturated heterocycles. The van der Waals surface area contributed by atoms with E-state index in [9.17, 15) is 9.90 Å². The van der Waals surface area contributed by atoms with Crippen molar-refractivity contribution in [2.75, 3.05) is 6.54 Å². The van der Waals surface area contributed by atoms with Crippen LogP contribution < -0.4 is 5.32 Å². The number of aliphatic hydroxyl groups is 1. The van der Waals surface area contributed by atoms with Crippen LogP contribution in [0.2, 0.25) is 0 Å². The number of amides is 1. The average Bonchev–Trinajstić information content (AvgIpc) is 3.09. The van der Waals surface area contributed by atoms with E-state index in [0.29, 0.717) is 6.54 Å². The van der Waals surface area contributed by atoms with E-state index in [1.165, 1.54) is 0 Å². The largest absolute Gasteiger partial charge is 0.387 e. The van der Waals surface area contributed by atoms with Crippen LogP contribution in [-0.2, 0) is 6.54 Å². The van der Waals surface area contributed by atoms with Gasteiger partial charge in [-0.2, -0.15) is 0 Å². The van der Waals surface area contributed by atoms with E-state index < -0.39 is 6.10 Å². The van der Waals surface area contributed by atoms with Gasteiger partial charge in [-0.25, -0.2) is 4.68 Å². The average molecular weight is 336 g/mol. The standard InChI is InChI=1S/C19H20N4O2/c1-14-7-5-6-10-16(14)18(24)11-20-19(25)17-13-23(22-21-17)12-15-8-3-2-4-9-15/h2-10,13,18,24H,11-12H2,1H3,(H,20,25). The van der Waals surface area contributed by atoms with Crippen LogP contribution in [0.3, 0.4) is 0 Å². The highest BCUT2D eigenvalue weighted by Crippen LogP contribution is 2.16. The third-order valence-electron chi connectivity index (χ3n) is 3.96. The summed E-state index contributed by atoms with van der Waals surface area (Å²) in [6, 6.07) is 17.4. The Balaban J connectivity index is 1.58. The molecule has 1 heterocycles. The Morgan fingerprint density at radius 1 is 1.16 bits per heavy atom. The van der Waals surface area contributed by atoms with Gasteiger partial charge in [-0.1, -0.05) is 59.8 Å². The molecule has 6 heteroatoms. The lowest BCUT2D eigenvalue weighted by Crippen LogP contribution is -2.28. The maximum absolute atomic E-state index is 12.2. The Morgan fingerprint density at radius 3 is 2.64 bits per heavy atom. The SMILES string of the molecule is Cc1ccccc1C(O)CNC(=O)c1cn(Cc2ccccc2)nn1. The summed E-state index contributed by atoms with van der Waals surface area (Å²) >= 11 is 0. The number of rotatable bonds is 6. The minimum atomic E-state index is -0.760. The molecule has 0 fully saturated rings. The minimum Gasteiger partial charge on any atom is -0.387 e. The van der Waals surface area contributed by atoms with Crippen molar-refractivity contribution in [1.82, 2.24) is 20.3 Å². The maximum Gasteiger partial charge on any atom is 0.273 e. The molecule has 0 radical (unpaired) electrons. The van der Waals surface area contributed by atoms with Crippen LogP contribution >= 0.6 is 0 Å². The first-order valence-electron chi connectivity index (χ1n) is 8.09. The van der Waals surface area contributed by atoms with Crippen LogP contribution in [0.15, 0.2) is 60.8 Å². The molecule has 0 aliphatic heterocycles. The second-order valence-electron chi connectivity index (χ2n) is 5.87. The van der Waals surface area contributed by atoms with Gasteiger partial charge in [0, 0.05) is 6.54 Å². The molecule has 0 aliphatic rings. The molecular weight excluding hydrogens is 316 g/mol. The van der Waals surface area contributed by atoms with Gasteiger partial charge >= 0.3 is 0 Å². The number of nitrogens with zero attached hydrogens (tertiary/aromatic N) is 3. The first-order valence-corrected chi connectivity index (χ1v) is 8.09. The normalized spacial score (nSPS) is 11.9. The quantitative estimate of drug-likeness (QED) is 0.722. The second-order valence-corrected chi connectivity index (χ2v) is 5.87. The van der Waals surface area contributed by atoms with Gasteiger partial charge in [0.05, 0.1) is 18.8 Å². The Hall–Kier alpha value is -2.99. The van der Waals surface area contributed by atoms with Crippen molar-refractivity contribution in [3.05, 3.63) is 83.2 Å². The molecule has 2 aromatic carbocycles. The maximum atomic E-state index is 12.2. The number of aliphatic hydroxyl groups excluding tert-OH is 1.